The number of guanidine groups is 1. The molecule has 0 aliphatic carbocycles. The standard InChI is InChI=1S/C23H33N3O/c1-24-23(25-16-10-5-11-17-27-2)26-19-22(21-14-8-4-9-15-21)18-20-12-6-3-7-13-20/h3-4,6-9,12-15,22H,5,10-11,16-19H2,1-2H3,(H2,24,25,26). The van der Waals surface area contributed by atoms with Crippen LogP contribution in [0.1, 0.15) is 36.3 Å². The second-order valence-corrected chi connectivity index (χ2v) is 6.73. The molecular weight excluding hydrogens is 334 g/mol. The smallest absolute Gasteiger partial charge is 0.190 e. The van der Waals surface area contributed by atoms with Crippen LogP contribution in [0.25, 0.3) is 0 Å². The molecule has 0 aliphatic rings. The number of hydrogen-bond acceptors (Lipinski definition) is 2. The van der Waals surface area contributed by atoms with Gasteiger partial charge in [-0.15, -0.1) is 0 Å². The van der Waals surface area contributed by atoms with Crippen LogP contribution in [-0.2, 0) is 11.2 Å². The first-order valence-electron chi connectivity index (χ1n) is 9.85. The number of aliphatic imine (C=N–C) groups is 1. The van der Waals surface area contributed by atoms with Crippen molar-refractivity contribution in [2.45, 2.75) is 31.6 Å². The van der Waals surface area contributed by atoms with Crippen molar-refractivity contribution in [1.29, 1.82) is 0 Å². The van der Waals surface area contributed by atoms with Crippen LogP contribution < -0.4 is 10.6 Å². The van der Waals surface area contributed by atoms with Gasteiger partial charge in [-0.3, -0.25) is 4.99 Å². The van der Waals surface area contributed by atoms with Gasteiger partial charge in [0.2, 0.25) is 0 Å². The Labute approximate surface area is 164 Å². The van der Waals surface area contributed by atoms with E-state index in [4.69, 9.17) is 4.74 Å². The Morgan fingerprint density at radius 2 is 1.63 bits per heavy atom. The van der Waals surface area contributed by atoms with E-state index in [9.17, 15) is 0 Å². The third kappa shape index (κ3) is 8.27. The van der Waals surface area contributed by atoms with Crippen molar-refractivity contribution < 1.29 is 4.74 Å². The predicted octanol–water partition coefficient (Wildman–Crippen LogP) is 3.99. The number of benzene rings is 2. The number of rotatable bonds is 11. The van der Waals surface area contributed by atoms with Gasteiger partial charge >= 0.3 is 0 Å². The number of unbranched alkanes of at least 4 members (excludes halogenated alkanes) is 2. The van der Waals surface area contributed by atoms with E-state index in [2.05, 4.69) is 76.3 Å². The van der Waals surface area contributed by atoms with Crippen LogP contribution in [0.2, 0.25) is 0 Å². The normalized spacial score (nSPS) is 12.6. The Bertz CT molecular complexity index is 643. The third-order valence-corrected chi connectivity index (χ3v) is 4.65. The van der Waals surface area contributed by atoms with Crippen LogP contribution >= 0.6 is 0 Å². The molecule has 0 aliphatic heterocycles. The summed E-state index contributed by atoms with van der Waals surface area (Å²) in [6.07, 6.45) is 4.40. The highest BCUT2D eigenvalue weighted by Gasteiger charge is 2.13. The van der Waals surface area contributed by atoms with E-state index in [0.29, 0.717) is 5.92 Å². The maximum Gasteiger partial charge on any atom is 0.190 e. The number of methoxy groups -OCH3 is 1. The van der Waals surface area contributed by atoms with E-state index in [1.54, 1.807) is 7.11 Å². The Hall–Kier alpha value is -2.33. The van der Waals surface area contributed by atoms with Gasteiger partial charge in [-0.25, -0.2) is 0 Å². The van der Waals surface area contributed by atoms with Gasteiger partial charge in [-0.05, 0) is 36.8 Å². The van der Waals surface area contributed by atoms with Crippen molar-refractivity contribution in [2.24, 2.45) is 4.99 Å². The van der Waals surface area contributed by atoms with Gasteiger partial charge in [-0.1, -0.05) is 60.7 Å². The Balaban J connectivity index is 1.86. The molecule has 4 nitrogen and oxygen atoms in total. The molecule has 1 atom stereocenters. The largest absolute Gasteiger partial charge is 0.385 e. The molecular formula is C23H33N3O. The Morgan fingerprint density at radius 1 is 0.926 bits per heavy atom. The number of nitrogens with zero attached hydrogens (tertiary/aromatic N) is 1. The van der Waals surface area contributed by atoms with E-state index in [0.717, 1.165) is 44.9 Å². The fourth-order valence-corrected chi connectivity index (χ4v) is 3.13. The monoisotopic (exact) mass is 367 g/mol. The molecule has 1 unspecified atom stereocenters. The predicted molar refractivity (Wildman–Crippen MR) is 114 cm³/mol. The van der Waals surface area contributed by atoms with Crippen molar-refractivity contribution in [3.05, 3.63) is 71.8 Å². The average molecular weight is 368 g/mol. The van der Waals surface area contributed by atoms with Gasteiger partial charge in [0.25, 0.3) is 0 Å². The zero-order valence-corrected chi connectivity index (χ0v) is 16.7. The summed E-state index contributed by atoms with van der Waals surface area (Å²) in [5.74, 6) is 1.27. The van der Waals surface area contributed by atoms with Gasteiger partial charge in [0.05, 0.1) is 0 Å². The lowest BCUT2D eigenvalue weighted by Gasteiger charge is -2.20. The average Bonchev–Trinajstić information content (AvgIpc) is 2.73. The zero-order chi connectivity index (χ0) is 19.2. The molecule has 0 heterocycles. The van der Waals surface area contributed by atoms with Crippen LogP contribution in [0.4, 0.5) is 0 Å². The van der Waals surface area contributed by atoms with Gasteiger partial charge < -0.3 is 15.4 Å². The van der Waals surface area contributed by atoms with Crippen molar-refractivity contribution in [3.8, 4) is 0 Å². The van der Waals surface area contributed by atoms with Gasteiger partial charge in [-0.2, -0.15) is 0 Å². The van der Waals surface area contributed by atoms with E-state index in [-0.39, 0.29) is 0 Å². The highest BCUT2D eigenvalue weighted by molar-refractivity contribution is 5.79. The molecule has 146 valence electrons. The minimum Gasteiger partial charge on any atom is -0.385 e. The van der Waals surface area contributed by atoms with Gasteiger partial charge in [0, 0.05) is 39.8 Å². The maximum absolute atomic E-state index is 5.09. The molecule has 0 saturated carbocycles. The Kier molecular flexibility index (Phi) is 10.0. The minimum absolute atomic E-state index is 0.397. The fourth-order valence-electron chi connectivity index (χ4n) is 3.13. The van der Waals surface area contributed by atoms with Crippen LogP contribution in [0.5, 0.6) is 0 Å². The summed E-state index contributed by atoms with van der Waals surface area (Å²) >= 11 is 0. The summed E-state index contributed by atoms with van der Waals surface area (Å²) in [5.41, 5.74) is 2.71. The molecule has 0 aromatic heterocycles. The molecule has 0 amide bonds. The molecule has 0 fully saturated rings. The van der Waals surface area contributed by atoms with Crippen molar-refractivity contribution >= 4 is 5.96 Å². The van der Waals surface area contributed by atoms with Gasteiger partial charge in [0.15, 0.2) is 5.96 Å². The summed E-state index contributed by atoms with van der Waals surface area (Å²) < 4.78 is 5.09. The topological polar surface area (TPSA) is 45.7 Å². The first-order chi connectivity index (χ1) is 13.3. The Morgan fingerprint density at radius 3 is 2.30 bits per heavy atom. The van der Waals surface area contributed by atoms with E-state index >= 15 is 0 Å². The molecule has 0 radical (unpaired) electrons. The molecule has 0 spiro atoms. The second kappa shape index (κ2) is 12.9. The van der Waals surface area contributed by atoms with E-state index in [1.165, 1.54) is 17.5 Å². The summed E-state index contributed by atoms with van der Waals surface area (Å²) in [5, 5.41) is 6.92. The summed E-state index contributed by atoms with van der Waals surface area (Å²) in [4.78, 5) is 4.36. The van der Waals surface area contributed by atoms with Crippen molar-refractivity contribution in [1.82, 2.24) is 10.6 Å². The molecule has 2 aromatic rings. The van der Waals surface area contributed by atoms with E-state index < -0.39 is 0 Å². The molecule has 27 heavy (non-hydrogen) atoms. The number of hydrogen-bond donors (Lipinski definition) is 2. The number of nitrogens with one attached hydrogen (secondary N) is 2. The summed E-state index contributed by atoms with van der Waals surface area (Å²) in [6, 6.07) is 21.4. The lowest BCUT2D eigenvalue weighted by molar-refractivity contribution is 0.192. The van der Waals surface area contributed by atoms with Crippen LogP contribution in [0.3, 0.4) is 0 Å². The third-order valence-electron chi connectivity index (χ3n) is 4.65. The molecule has 4 heteroatoms. The maximum atomic E-state index is 5.09. The van der Waals surface area contributed by atoms with Crippen LogP contribution in [0, 0.1) is 0 Å². The summed E-state index contributed by atoms with van der Waals surface area (Å²) in [7, 11) is 3.58. The highest BCUT2D eigenvalue weighted by atomic mass is 16.5. The highest BCUT2D eigenvalue weighted by Crippen LogP contribution is 2.20. The molecule has 2 aromatic carbocycles. The number of ether oxygens (including phenoxy) is 1. The summed E-state index contributed by atoms with van der Waals surface area (Å²) in [6.45, 7) is 2.62. The van der Waals surface area contributed by atoms with Crippen LogP contribution in [0.15, 0.2) is 65.7 Å². The quantitative estimate of drug-likeness (QED) is 0.358. The van der Waals surface area contributed by atoms with Crippen molar-refractivity contribution in [3.63, 3.8) is 0 Å². The lowest BCUT2D eigenvalue weighted by atomic mass is 9.92. The SMILES string of the molecule is CN=C(NCCCCCOC)NCC(Cc1ccccc1)c1ccccc1. The molecule has 2 rings (SSSR count). The zero-order valence-electron chi connectivity index (χ0n) is 16.7. The first kappa shape index (κ1) is 21.0. The first-order valence-corrected chi connectivity index (χ1v) is 9.85. The van der Waals surface area contributed by atoms with E-state index in [1.807, 2.05) is 7.05 Å². The molecule has 2 N–H and O–H groups in total. The molecule has 0 bridgehead atoms. The van der Waals surface area contributed by atoms with Gasteiger partial charge in [0.1, 0.15) is 0 Å². The lowest BCUT2D eigenvalue weighted by Crippen LogP contribution is -2.40. The fraction of sp³-hybridized carbons (Fsp3) is 0.435. The molecule has 0 saturated heterocycles. The minimum atomic E-state index is 0.397. The second-order valence-electron chi connectivity index (χ2n) is 6.73. The van der Waals surface area contributed by atoms with Crippen LogP contribution in [-0.4, -0.2) is 39.8 Å². The van der Waals surface area contributed by atoms with Crippen molar-refractivity contribution in [2.75, 3.05) is 33.9 Å².